The molecule has 0 bridgehead atoms. The molecule has 0 radical (unpaired) electrons. The predicted molar refractivity (Wildman–Crippen MR) is 127 cm³/mol. The minimum Gasteiger partial charge on any atom is -0.207 e. The average molecular weight is 498 g/mol. The number of benzene rings is 1. The van der Waals surface area contributed by atoms with E-state index in [-0.39, 0.29) is 11.4 Å². The normalized spacial score (nSPS) is 12.6. The minimum absolute atomic E-state index is 0.282. The Kier molecular flexibility index (Phi) is 13.9. The van der Waals surface area contributed by atoms with Crippen molar-refractivity contribution in [2.75, 3.05) is 13.6 Å². The van der Waals surface area contributed by atoms with Crippen LogP contribution in [0.3, 0.4) is 0 Å². The van der Waals surface area contributed by atoms with E-state index in [0.717, 1.165) is 35.7 Å². The molecular formula is C24H39ClF3NO2S. The van der Waals surface area contributed by atoms with Crippen molar-refractivity contribution in [2.45, 2.75) is 108 Å². The van der Waals surface area contributed by atoms with Gasteiger partial charge < -0.3 is 0 Å². The maximum atomic E-state index is 13.0. The van der Waals surface area contributed by atoms with Gasteiger partial charge in [0.05, 0.1) is 15.5 Å². The summed E-state index contributed by atoms with van der Waals surface area (Å²) in [5.74, 6) is 0. The van der Waals surface area contributed by atoms with E-state index in [2.05, 4.69) is 6.92 Å². The zero-order valence-corrected chi connectivity index (χ0v) is 21.1. The van der Waals surface area contributed by atoms with Crippen molar-refractivity contribution in [1.82, 2.24) is 4.31 Å². The second kappa shape index (κ2) is 15.2. The monoisotopic (exact) mass is 497 g/mol. The average Bonchev–Trinajstić information content (AvgIpc) is 2.73. The van der Waals surface area contributed by atoms with E-state index >= 15 is 0 Å². The van der Waals surface area contributed by atoms with Crippen LogP contribution >= 0.6 is 11.6 Å². The Bertz CT molecular complexity index is 754. The molecule has 0 atom stereocenters. The smallest absolute Gasteiger partial charge is 0.207 e. The molecule has 0 spiro atoms. The Balaban J connectivity index is 2.22. The summed E-state index contributed by atoms with van der Waals surface area (Å²) in [5.41, 5.74) is -1.13. The fourth-order valence-corrected chi connectivity index (χ4v) is 5.17. The van der Waals surface area contributed by atoms with Gasteiger partial charge in [-0.15, -0.1) is 0 Å². The van der Waals surface area contributed by atoms with Gasteiger partial charge in [-0.1, -0.05) is 102 Å². The van der Waals surface area contributed by atoms with Gasteiger partial charge in [0.1, 0.15) is 0 Å². The van der Waals surface area contributed by atoms with Crippen LogP contribution in [0.2, 0.25) is 5.02 Å². The molecule has 1 aromatic carbocycles. The first-order chi connectivity index (χ1) is 15.1. The first-order valence-corrected chi connectivity index (χ1v) is 13.8. The number of hydrogen-bond donors (Lipinski definition) is 0. The highest BCUT2D eigenvalue weighted by molar-refractivity contribution is 7.89. The Hall–Kier alpha value is -0.790. The summed E-state index contributed by atoms with van der Waals surface area (Å²) in [6.07, 6.45) is 12.2. The van der Waals surface area contributed by atoms with Gasteiger partial charge in [0, 0.05) is 13.6 Å². The maximum absolute atomic E-state index is 13.0. The highest BCUT2D eigenvalue weighted by atomic mass is 35.5. The highest BCUT2D eigenvalue weighted by Gasteiger charge is 2.35. The van der Waals surface area contributed by atoms with Crippen LogP contribution in [0.25, 0.3) is 0 Å². The summed E-state index contributed by atoms with van der Waals surface area (Å²) >= 11 is 5.58. The van der Waals surface area contributed by atoms with Crippen molar-refractivity contribution in [3.8, 4) is 0 Å². The van der Waals surface area contributed by atoms with Gasteiger partial charge in [-0.05, 0) is 24.6 Å². The molecule has 0 saturated carbocycles. The summed E-state index contributed by atoms with van der Waals surface area (Å²) in [6.45, 7) is 2.52. The number of alkyl halides is 3. The quantitative estimate of drug-likeness (QED) is 0.202. The first kappa shape index (κ1) is 29.2. The fourth-order valence-electron chi connectivity index (χ4n) is 3.71. The van der Waals surface area contributed by atoms with Gasteiger partial charge in [-0.25, -0.2) is 12.7 Å². The molecular weight excluding hydrogens is 459 g/mol. The molecule has 0 fully saturated rings. The molecule has 0 unspecified atom stereocenters. The van der Waals surface area contributed by atoms with Crippen molar-refractivity contribution < 1.29 is 21.6 Å². The van der Waals surface area contributed by atoms with Crippen LogP contribution in [0.5, 0.6) is 0 Å². The summed E-state index contributed by atoms with van der Waals surface area (Å²) in [6, 6.07) is 2.71. The van der Waals surface area contributed by atoms with E-state index in [1.807, 2.05) is 0 Å². The third kappa shape index (κ3) is 10.9. The Labute approximate surface area is 197 Å². The van der Waals surface area contributed by atoms with Crippen LogP contribution in [0.1, 0.15) is 102 Å². The summed E-state index contributed by atoms with van der Waals surface area (Å²) in [4.78, 5) is -0.387. The van der Waals surface area contributed by atoms with Crippen molar-refractivity contribution >= 4 is 21.6 Å². The lowest BCUT2D eigenvalue weighted by atomic mass is 10.0. The standard InChI is InChI=1S/C24H39ClF3NO2S/c1-3-4-5-6-7-8-9-10-11-12-13-14-15-16-19-29(2)32(30,31)21-17-18-23(25)22(20-21)24(26,27)28/h17-18,20H,3-16,19H2,1-2H3. The summed E-state index contributed by atoms with van der Waals surface area (Å²) in [5, 5.41) is -0.508. The van der Waals surface area contributed by atoms with Crippen molar-refractivity contribution in [3.63, 3.8) is 0 Å². The number of halogens is 4. The molecule has 8 heteroatoms. The number of rotatable bonds is 17. The molecule has 0 heterocycles. The van der Waals surface area contributed by atoms with E-state index in [1.54, 1.807) is 0 Å². The summed E-state index contributed by atoms with van der Waals surface area (Å²) in [7, 11) is -2.58. The van der Waals surface area contributed by atoms with E-state index in [4.69, 9.17) is 11.6 Å². The molecule has 0 aliphatic heterocycles. The van der Waals surface area contributed by atoms with Crippen molar-refractivity contribution in [2.24, 2.45) is 0 Å². The molecule has 3 nitrogen and oxygen atoms in total. The number of unbranched alkanes of at least 4 members (excludes halogenated alkanes) is 13. The lowest BCUT2D eigenvalue weighted by Gasteiger charge is -2.18. The van der Waals surface area contributed by atoms with Crippen LogP contribution in [0.15, 0.2) is 23.1 Å². The van der Waals surface area contributed by atoms with E-state index in [0.29, 0.717) is 12.5 Å². The van der Waals surface area contributed by atoms with Crippen LogP contribution in [0, 0.1) is 0 Å². The molecule has 0 saturated heterocycles. The van der Waals surface area contributed by atoms with Gasteiger partial charge in [0.25, 0.3) is 0 Å². The van der Waals surface area contributed by atoms with Gasteiger partial charge in [-0.3, -0.25) is 0 Å². The second-order valence-electron chi connectivity index (χ2n) is 8.56. The van der Waals surface area contributed by atoms with Gasteiger partial charge in [0.15, 0.2) is 0 Å². The van der Waals surface area contributed by atoms with Gasteiger partial charge in [-0.2, -0.15) is 13.2 Å². The van der Waals surface area contributed by atoms with E-state index in [9.17, 15) is 21.6 Å². The third-order valence-electron chi connectivity index (χ3n) is 5.78. The van der Waals surface area contributed by atoms with Gasteiger partial charge >= 0.3 is 6.18 Å². The van der Waals surface area contributed by atoms with E-state index in [1.165, 1.54) is 71.3 Å². The molecule has 0 amide bonds. The van der Waals surface area contributed by atoms with Gasteiger partial charge in [0.2, 0.25) is 10.0 Å². The van der Waals surface area contributed by atoms with Crippen LogP contribution in [-0.2, 0) is 16.2 Å². The number of nitrogens with zero attached hydrogens (tertiary/aromatic N) is 1. The largest absolute Gasteiger partial charge is 0.417 e. The van der Waals surface area contributed by atoms with Crippen LogP contribution in [-0.4, -0.2) is 26.3 Å². The number of hydrogen-bond acceptors (Lipinski definition) is 2. The molecule has 0 aliphatic carbocycles. The first-order valence-electron chi connectivity index (χ1n) is 11.9. The second-order valence-corrected chi connectivity index (χ2v) is 11.0. The van der Waals surface area contributed by atoms with Crippen LogP contribution in [0.4, 0.5) is 13.2 Å². The molecule has 0 N–H and O–H groups in total. The minimum atomic E-state index is -4.70. The Morgan fingerprint density at radius 1 is 0.812 bits per heavy atom. The molecule has 0 aliphatic rings. The highest BCUT2D eigenvalue weighted by Crippen LogP contribution is 2.36. The maximum Gasteiger partial charge on any atom is 0.417 e. The summed E-state index contributed by atoms with van der Waals surface area (Å²) < 4.78 is 65.4. The lowest BCUT2D eigenvalue weighted by molar-refractivity contribution is -0.137. The Morgan fingerprint density at radius 2 is 1.25 bits per heavy atom. The molecule has 0 aromatic heterocycles. The third-order valence-corrected chi connectivity index (χ3v) is 7.96. The fraction of sp³-hybridized carbons (Fsp3) is 0.750. The molecule has 1 rings (SSSR count). The van der Waals surface area contributed by atoms with Crippen molar-refractivity contribution in [3.05, 3.63) is 28.8 Å². The predicted octanol–water partition coefficient (Wildman–Crippen LogP) is 8.46. The number of sulfonamides is 1. The molecule has 1 aromatic rings. The lowest BCUT2D eigenvalue weighted by Crippen LogP contribution is -2.28. The molecule has 186 valence electrons. The molecule has 32 heavy (non-hydrogen) atoms. The zero-order valence-electron chi connectivity index (χ0n) is 19.5. The van der Waals surface area contributed by atoms with Crippen LogP contribution < -0.4 is 0 Å². The SMILES string of the molecule is CCCCCCCCCCCCCCCCN(C)S(=O)(=O)c1ccc(Cl)c(C(F)(F)F)c1. The zero-order chi connectivity index (χ0) is 24.0. The van der Waals surface area contributed by atoms with Crippen molar-refractivity contribution in [1.29, 1.82) is 0 Å². The topological polar surface area (TPSA) is 37.4 Å². The Morgan fingerprint density at radius 3 is 1.69 bits per heavy atom. The van der Waals surface area contributed by atoms with E-state index < -0.39 is 26.8 Å².